The highest BCUT2D eigenvalue weighted by molar-refractivity contribution is 6.29. The van der Waals surface area contributed by atoms with E-state index in [0.29, 0.717) is 11.3 Å². The van der Waals surface area contributed by atoms with E-state index in [-0.39, 0.29) is 11.8 Å². The lowest BCUT2D eigenvalue weighted by atomic mass is 10.4. The maximum absolute atomic E-state index is 11.1. The number of rotatable bonds is 2. The van der Waals surface area contributed by atoms with Gasteiger partial charge < -0.3 is 5.32 Å². The second-order valence-corrected chi connectivity index (χ2v) is 3.34. The van der Waals surface area contributed by atoms with Crippen LogP contribution in [0.1, 0.15) is 5.69 Å². The Morgan fingerprint density at radius 1 is 1.67 bits per heavy atom. The molecule has 78 valence electrons. The van der Waals surface area contributed by atoms with Crippen molar-refractivity contribution in [3.63, 3.8) is 0 Å². The molecular formula is C9H9ClN4O. The third kappa shape index (κ3) is 1.92. The molecule has 2 aromatic rings. The van der Waals surface area contributed by atoms with Gasteiger partial charge in [-0.25, -0.2) is 9.50 Å². The Labute approximate surface area is 91.1 Å². The van der Waals surface area contributed by atoms with Gasteiger partial charge in [0.2, 0.25) is 5.91 Å². The van der Waals surface area contributed by atoms with Crippen LogP contribution >= 0.6 is 11.6 Å². The van der Waals surface area contributed by atoms with E-state index in [9.17, 15) is 4.79 Å². The topological polar surface area (TPSA) is 59.3 Å². The van der Waals surface area contributed by atoms with Crippen molar-refractivity contribution < 1.29 is 4.79 Å². The van der Waals surface area contributed by atoms with Gasteiger partial charge in [-0.1, -0.05) is 0 Å². The van der Waals surface area contributed by atoms with Crippen LogP contribution in [-0.2, 0) is 4.79 Å². The second kappa shape index (κ2) is 3.86. The van der Waals surface area contributed by atoms with Crippen molar-refractivity contribution in [1.82, 2.24) is 14.6 Å². The Kier molecular flexibility index (Phi) is 2.55. The van der Waals surface area contributed by atoms with Gasteiger partial charge in [-0.05, 0) is 13.0 Å². The monoisotopic (exact) mass is 224 g/mol. The Bertz CT molecular complexity index is 508. The van der Waals surface area contributed by atoms with Crippen LogP contribution < -0.4 is 5.32 Å². The molecule has 0 unspecified atom stereocenters. The highest BCUT2D eigenvalue weighted by Gasteiger charge is 2.07. The number of amides is 1. The van der Waals surface area contributed by atoms with Gasteiger partial charge in [-0.3, -0.25) is 4.79 Å². The van der Waals surface area contributed by atoms with Gasteiger partial charge >= 0.3 is 0 Å². The van der Waals surface area contributed by atoms with Crippen LogP contribution in [-0.4, -0.2) is 26.4 Å². The molecule has 2 heterocycles. The van der Waals surface area contributed by atoms with Gasteiger partial charge in [-0.15, -0.1) is 11.6 Å². The van der Waals surface area contributed by atoms with Crippen LogP contribution in [0.5, 0.6) is 0 Å². The third-order valence-corrected chi connectivity index (χ3v) is 2.15. The molecule has 0 radical (unpaired) electrons. The summed E-state index contributed by atoms with van der Waals surface area (Å²) in [6, 6.07) is 1.84. The largest absolute Gasteiger partial charge is 0.321 e. The molecule has 0 aliphatic carbocycles. The number of halogens is 1. The van der Waals surface area contributed by atoms with Crippen LogP contribution in [0.3, 0.4) is 0 Å². The molecule has 0 spiro atoms. The standard InChI is InChI=1S/C9H9ClN4O/c1-6-2-3-14-9(12-6)7(5-11-14)13-8(15)4-10/h2-3,5H,4H2,1H3,(H,13,15). The molecule has 0 aliphatic rings. The Balaban J connectivity index is 2.43. The summed E-state index contributed by atoms with van der Waals surface area (Å²) in [5, 5.41) is 6.67. The number of fused-ring (bicyclic) bond motifs is 1. The lowest BCUT2D eigenvalue weighted by Gasteiger charge is -2.00. The third-order valence-electron chi connectivity index (χ3n) is 1.90. The van der Waals surface area contributed by atoms with E-state index in [4.69, 9.17) is 11.6 Å². The van der Waals surface area contributed by atoms with Gasteiger partial charge in [0.15, 0.2) is 5.65 Å². The van der Waals surface area contributed by atoms with Crippen molar-refractivity contribution in [2.24, 2.45) is 0 Å². The molecule has 0 aliphatic heterocycles. The van der Waals surface area contributed by atoms with Crippen molar-refractivity contribution in [2.75, 3.05) is 11.2 Å². The van der Waals surface area contributed by atoms with E-state index in [0.717, 1.165) is 5.69 Å². The number of carbonyl (C=O) groups excluding carboxylic acids is 1. The molecule has 5 nitrogen and oxygen atoms in total. The number of aryl methyl sites for hydroxylation is 1. The number of nitrogens with zero attached hydrogens (tertiary/aromatic N) is 3. The molecule has 1 N–H and O–H groups in total. The van der Waals surface area contributed by atoms with Gasteiger partial charge in [-0.2, -0.15) is 5.10 Å². The average molecular weight is 225 g/mol. The van der Waals surface area contributed by atoms with E-state index in [1.54, 1.807) is 16.9 Å². The summed E-state index contributed by atoms with van der Waals surface area (Å²) in [6.45, 7) is 1.88. The molecule has 2 rings (SSSR count). The first-order valence-corrected chi connectivity index (χ1v) is 4.91. The number of alkyl halides is 1. The molecule has 0 atom stereocenters. The zero-order chi connectivity index (χ0) is 10.8. The molecule has 1 amide bonds. The Morgan fingerprint density at radius 3 is 3.20 bits per heavy atom. The average Bonchev–Trinajstić information content (AvgIpc) is 2.61. The summed E-state index contributed by atoms with van der Waals surface area (Å²) >= 11 is 5.39. The van der Waals surface area contributed by atoms with Gasteiger partial charge in [0, 0.05) is 11.9 Å². The van der Waals surface area contributed by atoms with Crippen LogP contribution in [0.25, 0.3) is 5.65 Å². The first kappa shape index (κ1) is 9.92. The van der Waals surface area contributed by atoms with Crippen molar-refractivity contribution in [2.45, 2.75) is 6.92 Å². The van der Waals surface area contributed by atoms with E-state index in [2.05, 4.69) is 15.4 Å². The SMILES string of the molecule is Cc1ccn2ncc(NC(=O)CCl)c2n1. The predicted molar refractivity (Wildman–Crippen MR) is 57.1 cm³/mol. The first-order chi connectivity index (χ1) is 7.20. The summed E-state index contributed by atoms with van der Waals surface area (Å²) in [4.78, 5) is 15.4. The molecular weight excluding hydrogens is 216 g/mol. The van der Waals surface area contributed by atoms with Crippen LogP contribution in [0, 0.1) is 6.92 Å². The lowest BCUT2D eigenvalue weighted by molar-refractivity contribution is -0.113. The number of hydrogen-bond acceptors (Lipinski definition) is 3. The zero-order valence-corrected chi connectivity index (χ0v) is 8.82. The van der Waals surface area contributed by atoms with Gasteiger partial charge in [0.25, 0.3) is 0 Å². The van der Waals surface area contributed by atoms with Crippen molar-refractivity contribution in [3.8, 4) is 0 Å². The predicted octanol–water partition coefficient (Wildman–Crippen LogP) is 1.22. The molecule has 0 aromatic carbocycles. The maximum atomic E-state index is 11.1. The smallest absolute Gasteiger partial charge is 0.239 e. The minimum absolute atomic E-state index is 0.0802. The van der Waals surface area contributed by atoms with Gasteiger partial charge in [0.05, 0.1) is 6.20 Å². The van der Waals surface area contributed by atoms with E-state index in [1.165, 1.54) is 0 Å². The minimum Gasteiger partial charge on any atom is -0.321 e. The quantitative estimate of drug-likeness (QED) is 0.781. The molecule has 0 fully saturated rings. The first-order valence-electron chi connectivity index (χ1n) is 4.37. The fourth-order valence-electron chi connectivity index (χ4n) is 1.23. The van der Waals surface area contributed by atoms with Crippen LogP contribution in [0.2, 0.25) is 0 Å². The maximum Gasteiger partial charge on any atom is 0.239 e. The lowest BCUT2D eigenvalue weighted by Crippen LogP contribution is -2.12. The number of aromatic nitrogens is 3. The number of nitrogens with one attached hydrogen (secondary N) is 1. The van der Waals surface area contributed by atoms with Crippen molar-refractivity contribution >= 4 is 28.8 Å². The number of hydrogen-bond donors (Lipinski definition) is 1. The highest BCUT2D eigenvalue weighted by Crippen LogP contribution is 2.14. The molecule has 0 saturated carbocycles. The van der Waals surface area contributed by atoms with Crippen LogP contribution in [0.4, 0.5) is 5.69 Å². The zero-order valence-electron chi connectivity index (χ0n) is 8.07. The van der Waals surface area contributed by atoms with Gasteiger partial charge in [0.1, 0.15) is 11.6 Å². The van der Waals surface area contributed by atoms with E-state index < -0.39 is 0 Å². The summed E-state index contributed by atoms with van der Waals surface area (Å²) in [5.41, 5.74) is 2.06. The molecule has 0 saturated heterocycles. The summed E-state index contributed by atoms with van der Waals surface area (Å²) in [7, 11) is 0. The fourth-order valence-corrected chi connectivity index (χ4v) is 1.30. The number of anilines is 1. The molecule has 2 aromatic heterocycles. The van der Waals surface area contributed by atoms with E-state index >= 15 is 0 Å². The highest BCUT2D eigenvalue weighted by atomic mass is 35.5. The summed E-state index contributed by atoms with van der Waals surface area (Å²) < 4.78 is 1.59. The summed E-state index contributed by atoms with van der Waals surface area (Å²) in [6.07, 6.45) is 3.33. The minimum atomic E-state index is -0.269. The molecule has 0 bridgehead atoms. The molecule has 15 heavy (non-hydrogen) atoms. The number of carbonyl (C=O) groups is 1. The normalized spacial score (nSPS) is 10.5. The van der Waals surface area contributed by atoms with E-state index in [1.807, 2.05) is 13.0 Å². The second-order valence-electron chi connectivity index (χ2n) is 3.08. The fraction of sp³-hybridized carbons (Fsp3) is 0.222. The summed E-state index contributed by atoms with van der Waals surface area (Å²) in [5.74, 6) is -0.349. The van der Waals surface area contributed by atoms with Crippen molar-refractivity contribution in [3.05, 3.63) is 24.2 Å². The Morgan fingerprint density at radius 2 is 2.47 bits per heavy atom. The van der Waals surface area contributed by atoms with Crippen molar-refractivity contribution in [1.29, 1.82) is 0 Å². The Hall–Kier alpha value is -1.62. The molecule has 6 heteroatoms. The van der Waals surface area contributed by atoms with Crippen LogP contribution in [0.15, 0.2) is 18.5 Å².